The molecule has 0 spiro atoms. The molecule has 2 N–H and O–H groups in total. The molecular formula is C9H11BO3. The first-order chi connectivity index (χ1) is 6.27. The molecule has 0 saturated carbocycles. The first kappa shape index (κ1) is 8.75. The van der Waals surface area contributed by atoms with E-state index in [1.165, 1.54) is 0 Å². The molecule has 0 aliphatic carbocycles. The van der Waals surface area contributed by atoms with Gasteiger partial charge in [0.25, 0.3) is 0 Å². The predicted octanol–water partition coefficient (Wildman–Crippen LogP) is -0.561. The Bertz CT molecular complexity index is 312. The molecule has 0 radical (unpaired) electrons. The Labute approximate surface area is 77.1 Å². The second kappa shape index (κ2) is 3.50. The molecule has 0 unspecified atom stereocenters. The van der Waals surface area contributed by atoms with E-state index < -0.39 is 7.12 Å². The van der Waals surface area contributed by atoms with Crippen molar-refractivity contribution in [3.05, 3.63) is 29.3 Å². The Morgan fingerprint density at radius 2 is 2.08 bits per heavy atom. The Kier molecular flexibility index (Phi) is 2.35. The second-order valence-electron chi connectivity index (χ2n) is 3.20. The summed E-state index contributed by atoms with van der Waals surface area (Å²) in [6.07, 6.45) is 0.857. The van der Waals surface area contributed by atoms with Crippen molar-refractivity contribution in [2.45, 2.75) is 13.0 Å². The van der Waals surface area contributed by atoms with Crippen LogP contribution in [0, 0.1) is 0 Å². The predicted molar refractivity (Wildman–Crippen MR) is 49.6 cm³/mol. The molecule has 68 valence electrons. The summed E-state index contributed by atoms with van der Waals surface area (Å²) in [4.78, 5) is 0. The molecule has 1 aliphatic rings. The highest BCUT2D eigenvalue weighted by Gasteiger charge is 2.15. The fourth-order valence-electron chi connectivity index (χ4n) is 1.54. The third-order valence-corrected chi connectivity index (χ3v) is 2.30. The quantitative estimate of drug-likeness (QED) is 0.566. The zero-order chi connectivity index (χ0) is 9.26. The smallest absolute Gasteiger partial charge is 0.423 e. The normalized spacial score (nSPS) is 15.2. The van der Waals surface area contributed by atoms with Gasteiger partial charge in [0, 0.05) is 0 Å². The van der Waals surface area contributed by atoms with Crippen molar-refractivity contribution in [1.82, 2.24) is 0 Å². The zero-order valence-electron chi connectivity index (χ0n) is 7.23. The lowest BCUT2D eigenvalue weighted by Gasteiger charge is -2.16. The summed E-state index contributed by atoms with van der Waals surface area (Å²) in [6, 6.07) is 5.45. The topological polar surface area (TPSA) is 49.7 Å². The summed E-state index contributed by atoms with van der Waals surface area (Å²) in [5.74, 6) is 0. The monoisotopic (exact) mass is 178 g/mol. The SMILES string of the molecule is OB(O)c1ccc2c(c1)CCOC2. The minimum Gasteiger partial charge on any atom is -0.423 e. The second-order valence-corrected chi connectivity index (χ2v) is 3.20. The van der Waals surface area contributed by atoms with Crippen LogP contribution in [0.1, 0.15) is 11.1 Å². The van der Waals surface area contributed by atoms with Crippen molar-refractivity contribution in [2.75, 3.05) is 6.61 Å². The van der Waals surface area contributed by atoms with Crippen LogP contribution >= 0.6 is 0 Å². The lowest BCUT2D eigenvalue weighted by molar-refractivity contribution is 0.111. The Morgan fingerprint density at radius 1 is 1.23 bits per heavy atom. The molecule has 0 saturated heterocycles. The first-order valence-corrected chi connectivity index (χ1v) is 4.33. The van der Waals surface area contributed by atoms with Gasteiger partial charge in [-0.2, -0.15) is 0 Å². The number of benzene rings is 1. The fraction of sp³-hybridized carbons (Fsp3) is 0.333. The molecule has 1 aromatic carbocycles. The molecule has 13 heavy (non-hydrogen) atoms. The van der Waals surface area contributed by atoms with Gasteiger partial charge in [0.05, 0.1) is 13.2 Å². The Balaban J connectivity index is 2.35. The van der Waals surface area contributed by atoms with Gasteiger partial charge in [-0.15, -0.1) is 0 Å². The maximum Gasteiger partial charge on any atom is 0.488 e. The van der Waals surface area contributed by atoms with Gasteiger partial charge in [0.1, 0.15) is 0 Å². The number of fused-ring (bicyclic) bond motifs is 1. The van der Waals surface area contributed by atoms with E-state index in [9.17, 15) is 0 Å². The van der Waals surface area contributed by atoms with E-state index in [-0.39, 0.29) is 0 Å². The molecular weight excluding hydrogens is 167 g/mol. The lowest BCUT2D eigenvalue weighted by Crippen LogP contribution is -2.30. The van der Waals surface area contributed by atoms with E-state index in [0.29, 0.717) is 12.1 Å². The molecule has 0 atom stereocenters. The van der Waals surface area contributed by atoms with Crippen molar-refractivity contribution in [3.63, 3.8) is 0 Å². The highest BCUT2D eigenvalue weighted by Crippen LogP contribution is 2.14. The third kappa shape index (κ3) is 1.75. The minimum atomic E-state index is -1.37. The number of hydrogen-bond acceptors (Lipinski definition) is 3. The number of ether oxygens (including phenoxy) is 1. The van der Waals surface area contributed by atoms with Gasteiger partial charge in [-0.25, -0.2) is 0 Å². The van der Waals surface area contributed by atoms with Crippen LogP contribution in [0.4, 0.5) is 0 Å². The zero-order valence-corrected chi connectivity index (χ0v) is 7.23. The molecule has 0 aromatic heterocycles. The summed E-state index contributed by atoms with van der Waals surface area (Å²) in [7, 11) is -1.37. The van der Waals surface area contributed by atoms with Crippen molar-refractivity contribution in [3.8, 4) is 0 Å². The largest absolute Gasteiger partial charge is 0.488 e. The van der Waals surface area contributed by atoms with Gasteiger partial charge >= 0.3 is 7.12 Å². The Morgan fingerprint density at radius 3 is 2.85 bits per heavy atom. The molecule has 1 aromatic rings. The highest BCUT2D eigenvalue weighted by atomic mass is 16.5. The van der Waals surface area contributed by atoms with Crippen molar-refractivity contribution < 1.29 is 14.8 Å². The maximum atomic E-state index is 8.95. The van der Waals surface area contributed by atoms with Gasteiger partial charge in [-0.05, 0) is 23.0 Å². The van der Waals surface area contributed by atoms with Gasteiger partial charge in [-0.1, -0.05) is 18.2 Å². The van der Waals surface area contributed by atoms with Crippen LogP contribution in [0.3, 0.4) is 0 Å². The third-order valence-electron chi connectivity index (χ3n) is 2.30. The average Bonchev–Trinajstić information content (AvgIpc) is 2.17. The van der Waals surface area contributed by atoms with Gasteiger partial charge in [-0.3, -0.25) is 0 Å². The van der Waals surface area contributed by atoms with E-state index >= 15 is 0 Å². The molecule has 1 heterocycles. The molecule has 1 aliphatic heterocycles. The number of rotatable bonds is 1. The van der Waals surface area contributed by atoms with Crippen LogP contribution in [-0.4, -0.2) is 23.8 Å². The molecule has 0 fully saturated rings. The van der Waals surface area contributed by atoms with Crippen molar-refractivity contribution in [2.24, 2.45) is 0 Å². The van der Waals surface area contributed by atoms with E-state index in [4.69, 9.17) is 14.8 Å². The van der Waals surface area contributed by atoms with Gasteiger partial charge in [0.15, 0.2) is 0 Å². The van der Waals surface area contributed by atoms with E-state index in [0.717, 1.165) is 24.2 Å². The molecule has 0 amide bonds. The van der Waals surface area contributed by atoms with Crippen LogP contribution in [0.2, 0.25) is 0 Å². The average molecular weight is 178 g/mol. The van der Waals surface area contributed by atoms with E-state index in [2.05, 4.69) is 0 Å². The number of hydrogen-bond donors (Lipinski definition) is 2. The van der Waals surface area contributed by atoms with Crippen LogP contribution in [0.25, 0.3) is 0 Å². The summed E-state index contributed by atoms with van der Waals surface area (Å²) in [5, 5.41) is 17.9. The van der Waals surface area contributed by atoms with Crippen molar-refractivity contribution >= 4 is 12.6 Å². The fourth-order valence-corrected chi connectivity index (χ4v) is 1.54. The van der Waals surface area contributed by atoms with Crippen LogP contribution < -0.4 is 5.46 Å². The van der Waals surface area contributed by atoms with Crippen LogP contribution in [0.5, 0.6) is 0 Å². The summed E-state index contributed by atoms with van der Waals surface area (Å²) in [5.41, 5.74) is 2.87. The standard InChI is InChI=1S/C9H11BO3/c11-10(12)9-2-1-8-6-13-4-3-7(8)5-9/h1-2,5,11-12H,3-4,6H2. The highest BCUT2D eigenvalue weighted by molar-refractivity contribution is 6.58. The van der Waals surface area contributed by atoms with Gasteiger partial charge in [0.2, 0.25) is 0 Å². The van der Waals surface area contributed by atoms with Gasteiger partial charge < -0.3 is 14.8 Å². The molecule has 2 rings (SSSR count). The Hall–Kier alpha value is -0.835. The molecule has 0 bridgehead atoms. The minimum absolute atomic E-state index is 0.556. The summed E-state index contributed by atoms with van der Waals surface area (Å²) >= 11 is 0. The van der Waals surface area contributed by atoms with Crippen LogP contribution in [0.15, 0.2) is 18.2 Å². The van der Waals surface area contributed by atoms with E-state index in [1.54, 1.807) is 6.07 Å². The molecule has 3 nitrogen and oxygen atoms in total. The lowest BCUT2D eigenvalue weighted by atomic mass is 9.78. The van der Waals surface area contributed by atoms with E-state index in [1.807, 2.05) is 12.1 Å². The first-order valence-electron chi connectivity index (χ1n) is 4.33. The maximum absolute atomic E-state index is 8.95. The van der Waals surface area contributed by atoms with Crippen molar-refractivity contribution in [1.29, 1.82) is 0 Å². The summed E-state index contributed by atoms with van der Waals surface area (Å²) in [6.45, 7) is 1.36. The van der Waals surface area contributed by atoms with Crippen LogP contribution in [-0.2, 0) is 17.8 Å². The summed E-state index contributed by atoms with van der Waals surface area (Å²) < 4.78 is 5.27. The molecule has 4 heteroatoms.